The number of nitrogens with zero attached hydrogens (tertiary/aromatic N) is 2. The minimum Gasteiger partial charge on any atom is -0.508 e. The van der Waals surface area contributed by atoms with Gasteiger partial charge in [0.15, 0.2) is 9.84 Å². The maximum atomic E-state index is 9.50. The molecule has 122 valence electrons. The van der Waals surface area contributed by atoms with E-state index in [1.165, 1.54) is 76.7 Å². The van der Waals surface area contributed by atoms with Crippen LogP contribution < -0.4 is 0 Å². The molecule has 4 heteroatoms. The number of benzene rings is 1. The maximum Gasteiger partial charge on any atom is 0.173 e. The van der Waals surface area contributed by atoms with Crippen molar-refractivity contribution in [2.45, 2.75) is 50.9 Å². The lowest BCUT2D eigenvalue weighted by molar-refractivity contribution is 0.364. The molecule has 0 radical (unpaired) electrons. The van der Waals surface area contributed by atoms with Crippen molar-refractivity contribution in [1.29, 1.82) is 0 Å². The zero-order valence-electron chi connectivity index (χ0n) is 13.7. The van der Waals surface area contributed by atoms with Crippen molar-refractivity contribution in [2.24, 2.45) is 0 Å². The van der Waals surface area contributed by atoms with Crippen LogP contribution in [0.5, 0.6) is 5.75 Å². The first-order chi connectivity index (χ1) is 10.8. The molecule has 2 heterocycles. The lowest BCUT2D eigenvalue weighted by Crippen LogP contribution is -2.43. The molecule has 22 heavy (non-hydrogen) atoms. The van der Waals surface area contributed by atoms with E-state index < -0.39 is 0 Å². The average molecular weight is 319 g/mol. The number of rotatable bonds is 3. The third-order valence-corrected chi connectivity index (χ3v) is 7.23. The van der Waals surface area contributed by atoms with Crippen LogP contribution in [0, 0.1) is 0 Å². The highest BCUT2D eigenvalue weighted by Gasteiger charge is 2.22. The zero-order valence-corrected chi connectivity index (χ0v) is 15.1. The van der Waals surface area contributed by atoms with Gasteiger partial charge in [0.2, 0.25) is 0 Å². The Balaban J connectivity index is 1.60. The molecule has 0 saturated carbocycles. The zero-order chi connectivity index (χ0) is 15.2. The molecule has 0 aliphatic carbocycles. The minimum absolute atomic E-state index is 0.252. The van der Waals surface area contributed by atoms with Crippen LogP contribution >= 0.6 is 0 Å². The Morgan fingerprint density at radius 3 is 2.18 bits per heavy atom. The third kappa shape index (κ3) is 4.57. The lowest BCUT2D eigenvalue weighted by Gasteiger charge is -2.30. The second kappa shape index (κ2) is 8.13. The molecule has 1 unspecified atom stereocenters. The van der Waals surface area contributed by atoms with Gasteiger partial charge in [-0.15, -0.1) is 0 Å². The second-order valence-corrected chi connectivity index (χ2v) is 9.11. The quantitative estimate of drug-likeness (QED) is 0.868. The van der Waals surface area contributed by atoms with Crippen LogP contribution in [0.1, 0.15) is 56.4 Å². The van der Waals surface area contributed by atoms with Gasteiger partial charge in [-0.1, -0.05) is 31.4 Å². The Morgan fingerprint density at radius 2 is 1.45 bits per heavy atom. The van der Waals surface area contributed by atoms with Crippen molar-refractivity contribution < 1.29 is 5.11 Å². The van der Waals surface area contributed by atoms with Gasteiger partial charge in [-0.25, -0.2) is 0 Å². The summed E-state index contributed by atoms with van der Waals surface area (Å²) in [5.74, 6) is 1.04. The number of aromatic hydroxyl groups is 1. The molecule has 3 rings (SSSR count). The normalized spacial score (nSPS) is 26.1. The molecule has 2 fully saturated rings. The highest BCUT2D eigenvalue weighted by molar-refractivity contribution is 6.28. The smallest absolute Gasteiger partial charge is 0.173 e. The van der Waals surface area contributed by atoms with E-state index in [0.29, 0.717) is 11.7 Å². The van der Waals surface area contributed by atoms with E-state index in [2.05, 4.69) is 21.3 Å². The molecule has 1 aromatic rings. The first kappa shape index (κ1) is 16.0. The monoisotopic (exact) mass is 318 g/mol. The minimum atomic E-state index is -0.252. The molecule has 0 aromatic heterocycles. The highest BCUT2D eigenvalue weighted by atomic mass is 28.2. The summed E-state index contributed by atoms with van der Waals surface area (Å²) in [5, 5.41) is 9.50. The predicted octanol–water partition coefficient (Wildman–Crippen LogP) is 2.84. The summed E-state index contributed by atoms with van der Waals surface area (Å²) in [7, 11) is -0.252. The summed E-state index contributed by atoms with van der Waals surface area (Å²) in [6.45, 7) is 5.21. The summed E-state index contributed by atoms with van der Waals surface area (Å²) in [6.07, 6.45) is 9.67. The lowest BCUT2D eigenvalue weighted by atomic mass is 9.94. The van der Waals surface area contributed by atoms with Crippen molar-refractivity contribution in [3.63, 3.8) is 0 Å². The van der Waals surface area contributed by atoms with Gasteiger partial charge in [-0.2, -0.15) is 0 Å². The molecule has 0 amide bonds. The van der Waals surface area contributed by atoms with Gasteiger partial charge in [0.1, 0.15) is 5.75 Å². The fraction of sp³-hybridized carbons (Fsp3) is 0.667. The molecule has 1 aromatic carbocycles. The second-order valence-electron chi connectivity index (χ2n) is 7.03. The number of hydrogen-bond acceptors (Lipinski definition) is 3. The van der Waals surface area contributed by atoms with Crippen molar-refractivity contribution in [1.82, 2.24) is 9.13 Å². The van der Waals surface area contributed by atoms with E-state index in [-0.39, 0.29) is 9.84 Å². The van der Waals surface area contributed by atoms with E-state index in [1.807, 2.05) is 12.1 Å². The Hall–Kier alpha value is -0.843. The van der Waals surface area contributed by atoms with Crippen LogP contribution in [0.4, 0.5) is 0 Å². The van der Waals surface area contributed by atoms with E-state index in [0.717, 1.165) is 0 Å². The highest BCUT2D eigenvalue weighted by Crippen LogP contribution is 2.27. The molecule has 2 aliphatic rings. The van der Waals surface area contributed by atoms with E-state index in [1.54, 1.807) is 0 Å². The molecule has 0 bridgehead atoms. The van der Waals surface area contributed by atoms with Gasteiger partial charge in [0.05, 0.1) is 0 Å². The first-order valence-electron chi connectivity index (χ1n) is 9.05. The van der Waals surface area contributed by atoms with Crippen molar-refractivity contribution >= 4 is 9.84 Å². The van der Waals surface area contributed by atoms with Gasteiger partial charge < -0.3 is 14.2 Å². The molecular formula is C18H30N2OSi. The van der Waals surface area contributed by atoms with Gasteiger partial charge in [-0.3, -0.25) is 0 Å². The fourth-order valence-electron chi connectivity index (χ4n) is 3.93. The van der Waals surface area contributed by atoms with Crippen molar-refractivity contribution in [2.75, 3.05) is 26.2 Å². The molecule has 1 atom stereocenters. The van der Waals surface area contributed by atoms with Crippen molar-refractivity contribution in [3.05, 3.63) is 29.8 Å². The van der Waals surface area contributed by atoms with Gasteiger partial charge in [0, 0.05) is 0 Å². The molecule has 2 saturated heterocycles. The Bertz CT molecular complexity index is 443. The average Bonchev–Trinajstić information content (AvgIpc) is 2.91. The van der Waals surface area contributed by atoms with E-state index in [4.69, 9.17) is 0 Å². The van der Waals surface area contributed by atoms with Crippen LogP contribution in [-0.4, -0.2) is 50.3 Å². The Kier molecular flexibility index (Phi) is 5.93. The number of phenols is 1. The Morgan fingerprint density at radius 1 is 0.818 bits per heavy atom. The standard InChI is InChI=1S/C18H30N2OSi/c21-18-10-8-16(9-11-18)17-7-3-6-14-20(15-17)22-19-12-4-1-2-5-13-19/h8-11,17,21H,1-7,12-15,22H2. The first-order valence-corrected chi connectivity index (χ1v) is 10.3. The number of hydrogen-bond donors (Lipinski definition) is 1. The summed E-state index contributed by atoms with van der Waals surface area (Å²) in [5.41, 5.74) is 1.41. The van der Waals surface area contributed by atoms with E-state index in [9.17, 15) is 5.11 Å². The summed E-state index contributed by atoms with van der Waals surface area (Å²) < 4.78 is 5.60. The molecular weight excluding hydrogens is 288 g/mol. The maximum absolute atomic E-state index is 9.50. The summed E-state index contributed by atoms with van der Waals surface area (Å²) in [6, 6.07) is 7.93. The molecule has 3 nitrogen and oxygen atoms in total. The van der Waals surface area contributed by atoms with Gasteiger partial charge >= 0.3 is 0 Å². The topological polar surface area (TPSA) is 26.7 Å². The van der Waals surface area contributed by atoms with Crippen molar-refractivity contribution in [3.8, 4) is 5.75 Å². The number of phenolic OH excluding ortho intramolecular Hbond substituents is 1. The summed E-state index contributed by atoms with van der Waals surface area (Å²) >= 11 is 0. The SMILES string of the molecule is Oc1ccc(C2CCCCN([SiH2]N3CCCCCC3)C2)cc1. The van der Waals surface area contributed by atoms with Crippen LogP contribution in [0.15, 0.2) is 24.3 Å². The van der Waals surface area contributed by atoms with Crippen LogP contribution in [0.2, 0.25) is 0 Å². The van der Waals surface area contributed by atoms with Crippen LogP contribution in [-0.2, 0) is 0 Å². The van der Waals surface area contributed by atoms with Crippen LogP contribution in [0.25, 0.3) is 0 Å². The summed E-state index contributed by atoms with van der Waals surface area (Å²) in [4.78, 5) is 0. The van der Waals surface area contributed by atoms with Gasteiger partial charge in [0.25, 0.3) is 0 Å². The fourth-order valence-corrected chi connectivity index (χ4v) is 6.02. The van der Waals surface area contributed by atoms with Crippen LogP contribution in [0.3, 0.4) is 0 Å². The van der Waals surface area contributed by atoms with Gasteiger partial charge in [-0.05, 0) is 75.5 Å². The predicted molar refractivity (Wildman–Crippen MR) is 94.9 cm³/mol. The third-order valence-electron chi connectivity index (χ3n) is 5.22. The Labute approximate surface area is 137 Å². The molecule has 0 spiro atoms. The van der Waals surface area contributed by atoms with E-state index >= 15 is 0 Å². The molecule has 2 aliphatic heterocycles. The largest absolute Gasteiger partial charge is 0.508 e. The molecule has 1 N–H and O–H groups in total.